The Labute approximate surface area is 182 Å². The maximum absolute atomic E-state index is 14.0. The number of aromatic nitrogens is 3. The lowest BCUT2D eigenvalue weighted by Crippen LogP contribution is -2.27. The summed E-state index contributed by atoms with van der Waals surface area (Å²) in [5, 5.41) is 2.66. The number of amides is 1. The van der Waals surface area contributed by atoms with Crippen LogP contribution in [0, 0.1) is 44.1 Å². The molecule has 1 aliphatic carbocycles. The number of carbonyl (C=O) groups is 1. The molecule has 0 aliphatic heterocycles. The van der Waals surface area contributed by atoms with Gasteiger partial charge < -0.3 is 10.1 Å². The number of nitrogens with zero attached hydrogens (tertiary/aromatic N) is 3. The Morgan fingerprint density at radius 2 is 1.81 bits per heavy atom. The van der Waals surface area contributed by atoms with Crippen LogP contribution < -0.4 is 10.1 Å². The fourth-order valence-corrected chi connectivity index (χ4v) is 3.79. The molecule has 166 valence electrons. The van der Waals surface area contributed by atoms with E-state index in [9.17, 15) is 18.0 Å². The molecule has 0 saturated heterocycles. The normalized spacial score (nSPS) is 19.5. The second-order valence-electron chi connectivity index (χ2n) is 8.03. The fraction of sp³-hybridized carbons (Fsp3) is 0.304. The molecule has 0 radical (unpaired) electrons. The standard InChI is InChI=1S/C23H21F3N4O2/c1-12-4-21(28-9-19(12)26)30-22(31)18-8-23(18,15-5-16(24)7-17(25)6-15)11-32-20-10-27-14(3)29-13(20)2/h4-7,9-10,18H,8,11H2,1-3H3,(H,28,30,31)/t18-,23+/m0/s1. The number of benzene rings is 1. The van der Waals surface area contributed by atoms with E-state index in [2.05, 4.69) is 20.3 Å². The Balaban J connectivity index is 1.60. The van der Waals surface area contributed by atoms with Crippen LogP contribution in [0.3, 0.4) is 0 Å². The molecule has 1 N–H and O–H groups in total. The molecule has 0 bridgehead atoms. The zero-order valence-corrected chi connectivity index (χ0v) is 17.7. The molecule has 0 spiro atoms. The van der Waals surface area contributed by atoms with E-state index < -0.39 is 34.7 Å². The topological polar surface area (TPSA) is 77.0 Å². The minimum absolute atomic E-state index is 0.00286. The van der Waals surface area contributed by atoms with Crippen LogP contribution >= 0.6 is 0 Å². The van der Waals surface area contributed by atoms with Crippen molar-refractivity contribution in [2.24, 2.45) is 5.92 Å². The summed E-state index contributed by atoms with van der Waals surface area (Å²) in [7, 11) is 0. The predicted octanol–water partition coefficient (Wildman–Crippen LogP) is 4.19. The van der Waals surface area contributed by atoms with Crippen molar-refractivity contribution in [2.45, 2.75) is 32.6 Å². The van der Waals surface area contributed by atoms with Crippen LogP contribution in [0.1, 0.15) is 29.1 Å². The van der Waals surface area contributed by atoms with E-state index in [1.165, 1.54) is 24.4 Å². The number of rotatable bonds is 6. The Hall–Kier alpha value is -3.49. The average Bonchev–Trinajstić information content (AvgIpc) is 3.46. The van der Waals surface area contributed by atoms with Crippen molar-refractivity contribution in [2.75, 3.05) is 11.9 Å². The van der Waals surface area contributed by atoms with E-state index in [0.29, 0.717) is 34.8 Å². The molecule has 9 heteroatoms. The van der Waals surface area contributed by atoms with Crippen molar-refractivity contribution in [3.8, 4) is 5.75 Å². The minimum Gasteiger partial charge on any atom is -0.489 e. The zero-order chi connectivity index (χ0) is 23.0. The monoisotopic (exact) mass is 442 g/mol. The van der Waals surface area contributed by atoms with E-state index in [4.69, 9.17) is 4.74 Å². The highest BCUT2D eigenvalue weighted by Gasteiger charge is 2.60. The Bertz CT molecular complexity index is 1180. The van der Waals surface area contributed by atoms with Gasteiger partial charge in [0, 0.05) is 11.5 Å². The van der Waals surface area contributed by atoms with Crippen LogP contribution in [0.2, 0.25) is 0 Å². The molecule has 1 fully saturated rings. The highest BCUT2D eigenvalue weighted by atomic mass is 19.1. The third-order valence-corrected chi connectivity index (χ3v) is 5.67. The van der Waals surface area contributed by atoms with Crippen molar-refractivity contribution in [3.63, 3.8) is 0 Å². The summed E-state index contributed by atoms with van der Waals surface area (Å²) in [6.07, 6.45) is 2.87. The SMILES string of the molecule is Cc1ncc(OC[C@@]2(c3cc(F)cc(F)c3)C[C@H]2C(=O)Nc2cc(C)c(F)cn2)c(C)n1. The number of nitrogens with one attached hydrogen (secondary N) is 1. The van der Waals surface area contributed by atoms with E-state index in [-0.39, 0.29) is 12.4 Å². The second kappa shape index (κ2) is 8.22. The lowest BCUT2D eigenvalue weighted by molar-refractivity contribution is -0.117. The summed E-state index contributed by atoms with van der Waals surface area (Å²) < 4.78 is 47.3. The number of hydrogen-bond donors (Lipinski definition) is 1. The number of hydrogen-bond acceptors (Lipinski definition) is 5. The molecule has 32 heavy (non-hydrogen) atoms. The molecule has 2 atom stereocenters. The molecule has 2 heterocycles. The smallest absolute Gasteiger partial charge is 0.229 e. The summed E-state index contributed by atoms with van der Waals surface area (Å²) in [5.74, 6) is -1.77. The third kappa shape index (κ3) is 4.28. The number of ether oxygens (including phenoxy) is 1. The second-order valence-corrected chi connectivity index (χ2v) is 8.03. The predicted molar refractivity (Wildman–Crippen MR) is 111 cm³/mol. The Kier molecular flexibility index (Phi) is 5.58. The zero-order valence-electron chi connectivity index (χ0n) is 17.7. The first kappa shape index (κ1) is 21.7. The molecular formula is C23H21F3N4O2. The molecule has 3 aromatic rings. The number of halogens is 3. The van der Waals surface area contributed by atoms with E-state index in [1.54, 1.807) is 20.8 Å². The molecule has 1 saturated carbocycles. The summed E-state index contributed by atoms with van der Waals surface area (Å²) in [5.41, 5.74) is 0.330. The number of carbonyl (C=O) groups excluding carboxylic acids is 1. The summed E-state index contributed by atoms with van der Waals surface area (Å²) in [4.78, 5) is 25.2. The lowest BCUT2D eigenvalue weighted by atomic mass is 9.93. The summed E-state index contributed by atoms with van der Waals surface area (Å²) in [6.45, 7) is 5.07. The van der Waals surface area contributed by atoms with Crippen molar-refractivity contribution < 1.29 is 22.7 Å². The fourth-order valence-electron chi connectivity index (χ4n) is 3.79. The van der Waals surface area contributed by atoms with Crippen molar-refractivity contribution >= 4 is 11.7 Å². The Morgan fingerprint density at radius 1 is 1.09 bits per heavy atom. The van der Waals surface area contributed by atoms with Crippen LogP contribution in [0.5, 0.6) is 5.75 Å². The molecule has 1 aliphatic rings. The Morgan fingerprint density at radius 3 is 2.47 bits per heavy atom. The van der Waals surface area contributed by atoms with Gasteiger partial charge in [-0.25, -0.2) is 28.1 Å². The summed E-state index contributed by atoms with van der Waals surface area (Å²) >= 11 is 0. The number of aryl methyl sites for hydroxylation is 3. The minimum atomic E-state index is -0.945. The molecule has 1 amide bonds. The van der Waals surface area contributed by atoms with Gasteiger partial charge in [0.15, 0.2) is 5.75 Å². The van der Waals surface area contributed by atoms with Crippen LogP contribution in [-0.4, -0.2) is 27.5 Å². The number of pyridine rings is 1. The van der Waals surface area contributed by atoms with Gasteiger partial charge in [0.25, 0.3) is 0 Å². The van der Waals surface area contributed by atoms with Crippen LogP contribution in [0.15, 0.2) is 36.7 Å². The first-order valence-corrected chi connectivity index (χ1v) is 10.0. The molecular weight excluding hydrogens is 421 g/mol. The maximum atomic E-state index is 14.0. The van der Waals surface area contributed by atoms with Gasteiger partial charge in [0.2, 0.25) is 5.91 Å². The van der Waals surface area contributed by atoms with Crippen molar-refractivity contribution in [3.05, 3.63) is 76.8 Å². The van der Waals surface area contributed by atoms with Crippen LogP contribution in [0.25, 0.3) is 0 Å². The van der Waals surface area contributed by atoms with E-state index in [1.807, 2.05) is 0 Å². The quantitative estimate of drug-likeness (QED) is 0.620. The van der Waals surface area contributed by atoms with Gasteiger partial charge in [-0.2, -0.15) is 0 Å². The molecule has 4 rings (SSSR count). The van der Waals surface area contributed by atoms with Crippen molar-refractivity contribution in [1.29, 1.82) is 0 Å². The average molecular weight is 442 g/mol. The first-order valence-electron chi connectivity index (χ1n) is 10.0. The van der Waals surface area contributed by atoms with Gasteiger partial charge in [0.05, 0.1) is 30.6 Å². The van der Waals surface area contributed by atoms with Gasteiger partial charge in [-0.15, -0.1) is 0 Å². The maximum Gasteiger partial charge on any atom is 0.229 e. The van der Waals surface area contributed by atoms with Gasteiger partial charge in [0.1, 0.15) is 29.1 Å². The largest absolute Gasteiger partial charge is 0.489 e. The lowest BCUT2D eigenvalue weighted by Gasteiger charge is -2.20. The number of anilines is 1. The molecule has 2 aromatic heterocycles. The van der Waals surface area contributed by atoms with Crippen LogP contribution in [-0.2, 0) is 10.2 Å². The van der Waals surface area contributed by atoms with Crippen LogP contribution in [0.4, 0.5) is 19.0 Å². The van der Waals surface area contributed by atoms with Crippen molar-refractivity contribution in [1.82, 2.24) is 15.0 Å². The molecule has 6 nitrogen and oxygen atoms in total. The molecule has 1 aromatic carbocycles. The van der Waals surface area contributed by atoms with Gasteiger partial charge in [-0.1, -0.05) is 0 Å². The third-order valence-electron chi connectivity index (χ3n) is 5.67. The highest BCUT2D eigenvalue weighted by Crippen LogP contribution is 2.55. The van der Waals surface area contributed by atoms with E-state index >= 15 is 0 Å². The van der Waals surface area contributed by atoms with Gasteiger partial charge in [-0.05, 0) is 56.5 Å². The molecule has 0 unspecified atom stereocenters. The van der Waals surface area contributed by atoms with Gasteiger partial charge in [-0.3, -0.25) is 4.79 Å². The first-order chi connectivity index (χ1) is 15.2. The van der Waals surface area contributed by atoms with Gasteiger partial charge >= 0.3 is 0 Å². The highest BCUT2D eigenvalue weighted by molar-refractivity contribution is 5.95. The van der Waals surface area contributed by atoms with E-state index in [0.717, 1.165) is 12.3 Å². The summed E-state index contributed by atoms with van der Waals surface area (Å²) in [6, 6.07) is 4.61.